The van der Waals surface area contributed by atoms with E-state index in [1.165, 1.54) is 0 Å². The third-order valence-corrected chi connectivity index (χ3v) is 3.63. The number of hydrogen-bond acceptors (Lipinski definition) is 3. The van der Waals surface area contributed by atoms with Crippen molar-refractivity contribution in [3.05, 3.63) is 23.5 Å². The van der Waals surface area contributed by atoms with Crippen molar-refractivity contribution in [3.8, 4) is 0 Å². The molecule has 0 radical (unpaired) electrons. The maximum Gasteiger partial charge on any atom is 0.384 e. The Bertz CT molecular complexity index is 638. The van der Waals surface area contributed by atoms with Gasteiger partial charge < -0.3 is 5.21 Å². The molecule has 0 aromatic carbocycles. The van der Waals surface area contributed by atoms with Gasteiger partial charge in [-0.25, -0.2) is 4.98 Å². The number of fused-ring (bicyclic) bond motifs is 1. The number of pyridine rings is 1. The lowest BCUT2D eigenvalue weighted by Crippen LogP contribution is -2.45. The Labute approximate surface area is 124 Å². The first-order valence-corrected chi connectivity index (χ1v) is 7.48. The van der Waals surface area contributed by atoms with Crippen molar-refractivity contribution in [2.75, 3.05) is 26.2 Å². The molecule has 0 aliphatic heterocycles. The van der Waals surface area contributed by atoms with E-state index in [1.54, 1.807) is 23.0 Å². The van der Waals surface area contributed by atoms with Gasteiger partial charge in [0.1, 0.15) is 0 Å². The average Bonchev–Trinajstić information content (AvgIpc) is 2.85. The molecule has 2 aromatic rings. The fraction of sp³-hybridized carbons (Fsp3) is 0.571. The van der Waals surface area contributed by atoms with E-state index >= 15 is 0 Å². The highest BCUT2D eigenvalue weighted by Gasteiger charge is 2.28. The van der Waals surface area contributed by atoms with E-state index in [0.717, 1.165) is 32.1 Å². The van der Waals surface area contributed by atoms with Crippen molar-refractivity contribution in [2.24, 2.45) is 0 Å². The van der Waals surface area contributed by atoms with Crippen LogP contribution in [0.2, 0.25) is 0 Å². The van der Waals surface area contributed by atoms with Crippen molar-refractivity contribution in [1.82, 2.24) is 19.8 Å². The number of rotatable bonds is 4. The van der Waals surface area contributed by atoms with Crippen LogP contribution in [0.5, 0.6) is 0 Å². The summed E-state index contributed by atoms with van der Waals surface area (Å²) >= 11 is 0. The Kier molecular flexibility index (Phi) is 4.72. The molecule has 114 valence electrons. The summed E-state index contributed by atoms with van der Waals surface area (Å²) in [6.45, 7) is 11.7. The third kappa shape index (κ3) is 2.68. The van der Waals surface area contributed by atoms with Crippen LogP contribution < -0.4 is 4.85 Å². The largest absolute Gasteiger partial charge is 0.691 e. The van der Waals surface area contributed by atoms with Crippen LogP contribution in [0.1, 0.15) is 27.7 Å². The minimum Gasteiger partial charge on any atom is -0.691 e. The van der Waals surface area contributed by atoms with E-state index in [-0.39, 0.29) is 0 Å². The summed E-state index contributed by atoms with van der Waals surface area (Å²) in [4.78, 5) is 7.15. The van der Waals surface area contributed by atoms with E-state index in [0.29, 0.717) is 16.0 Å². The van der Waals surface area contributed by atoms with Crippen molar-refractivity contribution < 1.29 is 9.42 Å². The van der Waals surface area contributed by atoms with Crippen LogP contribution in [0.4, 0.5) is 0 Å². The first-order valence-electron chi connectivity index (χ1n) is 7.48. The zero-order valence-corrected chi connectivity index (χ0v) is 13.2. The molecule has 0 amide bonds. The number of hydrogen-bond donors (Lipinski definition) is 0. The molecular formula is C14H23N6O+. The molecular weight excluding hydrogens is 268 g/mol. The number of nitrogens with zero attached hydrogens (tertiary/aromatic N) is 6. The van der Waals surface area contributed by atoms with E-state index in [4.69, 9.17) is 0 Å². The Balaban J connectivity index is 2.73. The minimum atomic E-state index is 0.481. The Hall–Kier alpha value is -2.18. The molecule has 0 saturated carbocycles. The average molecular weight is 291 g/mol. The van der Waals surface area contributed by atoms with E-state index < -0.39 is 0 Å². The van der Waals surface area contributed by atoms with Gasteiger partial charge in [-0.2, -0.15) is 0 Å². The molecule has 21 heavy (non-hydrogen) atoms. The molecule has 7 heteroatoms. The van der Waals surface area contributed by atoms with Crippen LogP contribution in [-0.4, -0.2) is 56.5 Å². The van der Waals surface area contributed by atoms with Gasteiger partial charge >= 0.3 is 5.96 Å². The maximum absolute atomic E-state index is 12.0. The Morgan fingerprint density at radius 2 is 1.95 bits per heavy atom. The summed E-state index contributed by atoms with van der Waals surface area (Å²) in [5.74, 6) is 0.906. The highest BCUT2D eigenvalue weighted by molar-refractivity contribution is 5.84. The predicted octanol–water partition coefficient (Wildman–Crippen LogP) is 0.663. The van der Waals surface area contributed by atoms with Crippen LogP contribution in [0.15, 0.2) is 18.3 Å². The van der Waals surface area contributed by atoms with Gasteiger partial charge in [0, 0.05) is 6.20 Å². The first kappa shape index (κ1) is 15.2. The molecule has 0 spiro atoms. The summed E-state index contributed by atoms with van der Waals surface area (Å²) < 4.78 is 3.84. The van der Waals surface area contributed by atoms with E-state index in [9.17, 15) is 5.21 Å². The molecule has 0 bridgehead atoms. The topological polar surface area (TPSA) is 63.9 Å². The molecule has 2 rings (SSSR count). The molecule has 0 fully saturated rings. The van der Waals surface area contributed by atoms with Crippen LogP contribution >= 0.6 is 0 Å². The van der Waals surface area contributed by atoms with Crippen molar-refractivity contribution in [3.63, 3.8) is 0 Å². The molecule has 7 nitrogen and oxygen atoms in total. The predicted molar refractivity (Wildman–Crippen MR) is 81.2 cm³/mol. The molecule has 2 aromatic heterocycles. The summed E-state index contributed by atoms with van der Waals surface area (Å²) in [6.07, 6.45) is 1.68. The van der Waals surface area contributed by atoms with E-state index in [1.807, 2.05) is 0 Å². The molecule has 0 N–H and O–H groups in total. The standard InChI is InChI=1S/C14H23N6O/c1-5-17(6-2)14(18(7-3)8-4)19-13-12(20(21)16-19)10-9-11-15-13/h9-11H,5-8H2,1-4H3/q+1. The Morgan fingerprint density at radius 3 is 2.52 bits per heavy atom. The van der Waals surface area contributed by atoms with Crippen LogP contribution in [0, 0.1) is 5.21 Å². The summed E-state index contributed by atoms with van der Waals surface area (Å²) in [5, 5.41) is 16.1. The van der Waals surface area contributed by atoms with Gasteiger partial charge in [0.25, 0.3) is 5.65 Å². The third-order valence-electron chi connectivity index (χ3n) is 3.63. The second-order valence-corrected chi connectivity index (χ2v) is 4.66. The van der Waals surface area contributed by atoms with Gasteiger partial charge in [-0.05, 0) is 44.5 Å². The van der Waals surface area contributed by atoms with Gasteiger partial charge in [0.2, 0.25) is 5.52 Å². The normalized spacial score (nSPS) is 10.9. The molecule has 0 unspecified atom stereocenters. The molecule has 2 heterocycles. The first-order chi connectivity index (χ1) is 10.2. The van der Waals surface area contributed by atoms with Crippen LogP contribution in [-0.2, 0) is 0 Å². The highest BCUT2D eigenvalue weighted by Crippen LogP contribution is 2.07. The summed E-state index contributed by atoms with van der Waals surface area (Å²) in [6, 6.07) is 3.48. The summed E-state index contributed by atoms with van der Waals surface area (Å²) in [5.41, 5.74) is 1.07. The molecule has 0 atom stereocenters. The monoisotopic (exact) mass is 291 g/mol. The second-order valence-electron chi connectivity index (χ2n) is 4.66. The fourth-order valence-corrected chi connectivity index (χ4v) is 2.49. The van der Waals surface area contributed by atoms with Crippen molar-refractivity contribution in [2.45, 2.75) is 27.7 Å². The lowest BCUT2D eigenvalue weighted by molar-refractivity contribution is -0.646. The van der Waals surface area contributed by atoms with Crippen molar-refractivity contribution >= 4 is 17.1 Å². The van der Waals surface area contributed by atoms with Gasteiger partial charge in [0.05, 0.1) is 31.4 Å². The lowest BCUT2D eigenvalue weighted by atomic mass is 10.4. The van der Waals surface area contributed by atoms with Crippen molar-refractivity contribution in [1.29, 1.82) is 0 Å². The number of aromatic nitrogens is 4. The minimum absolute atomic E-state index is 0.481. The summed E-state index contributed by atoms with van der Waals surface area (Å²) in [7, 11) is 0. The fourth-order valence-electron chi connectivity index (χ4n) is 2.49. The second kappa shape index (κ2) is 6.51. The maximum atomic E-state index is 12.0. The quantitative estimate of drug-likeness (QED) is 0.359. The Morgan fingerprint density at radius 1 is 1.29 bits per heavy atom. The van der Waals surface area contributed by atoms with Gasteiger partial charge in [0.15, 0.2) is 0 Å². The van der Waals surface area contributed by atoms with Gasteiger partial charge in [-0.1, -0.05) is 0 Å². The SMILES string of the molecule is CCN(CC)C(n1n[n+]([O-])c2cccnc21)=[N+](CC)CC. The molecule has 0 aliphatic carbocycles. The van der Waals surface area contributed by atoms with Gasteiger partial charge in [-0.15, -0.1) is 4.85 Å². The van der Waals surface area contributed by atoms with Crippen LogP contribution in [0.25, 0.3) is 11.2 Å². The van der Waals surface area contributed by atoms with Gasteiger partial charge in [-0.3, -0.25) is 9.48 Å². The van der Waals surface area contributed by atoms with Crippen LogP contribution in [0.3, 0.4) is 0 Å². The molecule has 0 saturated heterocycles. The van der Waals surface area contributed by atoms with E-state index in [2.05, 4.69) is 47.4 Å². The smallest absolute Gasteiger partial charge is 0.384 e. The highest BCUT2D eigenvalue weighted by atomic mass is 16.5. The lowest BCUT2D eigenvalue weighted by Gasteiger charge is -2.18. The molecule has 0 aliphatic rings. The zero-order chi connectivity index (χ0) is 15.4. The zero-order valence-electron chi connectivity index (χ0n) is 13.2.